The molecule has 0 radical (unpaired) electrons. The third kappa shape index (κ3) is 1.87. The Hall–Kier alpha value is -1.58. The summed E-state index contributed by atoms with van der Waals surface area (Å²) >= 11 is 1.08. The van der Waals surface area contributed by atoms with Gasteiger partial charge >= 0.3 is 5.97 Å². The molecule has 0 aliphatic carbocycles. The van der Waals surface area contributed by atoms with Crippen molar-refractivity contribution in [3.63, 3.8) is 0 Å². The molecule has 1 fully saturated rings. The maximum Gasteiger partial charge on any atom is 0.345 e. The lowest BCUT2D eigenvalue weighted by Crippen LogP contribution is -2.20. The van der Waals surface area contributed by atoms with Crippen molar-refractivity contribution in [3.8, 4) is 6.07 Å². The van der Waals surface area contributed by atoms with E-state index >= 15 is 0 Å². The van der Waals surface area contributed by atoms with E-state index in [4.69, 9.17) is 10.4 Å². The maximum atomic E-state index is 10.8. The molecular weight excluding hydrogens is 228 g/mol. The number of aliphatic hydroxyl groups is 1. The van der Waals surface area contributed by atoms with Gasteiger partial charge in [-0.05, 0) is 12.5 Å². The van der Waals surface area contributed by atoms with Crippen LogP contribution < -0.4 is 4.90 Å². The lowest BCUT2D eigenvalue weighted by Gasteiger charge is -2.15. The first-order valence-electron chi connectivity index (χ1n) is 4.82. The molecule has 5 nitrogen and oxygen atoms in total. The molecule has 1 atom stereocenters. The van der Waals surface area contributed by atoms with Gasteiger partial charge in [0.05, 0.1) is 11.7 Å². The lowest BCUT2D eigenvalue weighted by molar-refractivity contribution is 0.0702. The zero-order chi connectivity index (χ0) is 11.7. The van der Waals surface area contributed by atoms with Gasteiger partial charge in [-0.15, -0.1) is 11.3 Å². The Morgan fingerprint density at radius 2 is 2.44 bits per heavy atom. The van der Waals surface area contributed by atoms with Crippen LogP contribution in [0.4, 0.5) is 5.00 Å². The van der Waals surface area contributed by atoms with E-state index in [9.17, 15) is 9.90 Å². The van der Waals surface area contributed by atoms with Gasteiger partial charge in [-0.1, -0.05) is 0 Å². The van der Waals surface area contributed by atoms with E-state index in [2.05, 4.69) is 0 Å². The van der Waals surface area contributed by atoms with Crippen LogP contribution >= 0.6 is 11.3 Å². The van der Waals surface area contributed by atoms with Crippen molar-refractivity contribution < 1.29 is 15.0 Å². The van der Waals surface area contributed by atoms with Gasteiger partial charge in [0.1, 0.15) is 15.9 Å². The van der Waals surface area contributed by atoms with E-state index in [0.29, 0.717) is 30.1 Å². The molecule has 1 unspecified atom stereocenters. The maximum absolute atomic E-state index is 10.8. The van der Waals surface area contributed by atoms with Crippen LogP contribution in [0.3, 0.4) is 0 Å². The summed E-state index contributed by atoms with van der Waals surface area (Å²) in [7, 11) is 0. The van der Waals surface area contributed by atoms with Crippen LogP contribution in [-0.2, 0) is 0 Å². The molecule has 6 heteroatoms. The van der Waals surface area contributed by atoms with E-state index in [0.717, 1.165) is 11.3 Å². The second-order valence-corrected chi connectivity index (χ2v) is 4.67. The third-order valence-corrected chi connectivity index (χ3v) is 3.68. The highest BCUT2D eigenvalue weighted by Gasteiger charge is 2.25. The first-order chi connectivity index (χ1) is 7.61. The normalized spacial score (nSPS) is 19.8. The van der Waals surface area contributed by atoms with Crippen molar-refractivity contribution in [2.45, 2.75) is 12.5 Å². The average molecular weight is 238 g/mol. The Labute approximate surface area is 96.2 Å². The molecule has 1 aliphatic rings. The first kappa shape index (κ1) is 10.9. The molecule has 1 aromatic heterocycles. The van der Waals surface area contributed by atoms with Gasteiger partial charge < -0.3 is 15.1 Å². The molecule has 0 saturated carbocycles. The molecule has 2 N–H and O–H groups in total. The summed E-state index contributed by atoms with van der Waals surface area (Å²) in [6.45, 7) is 1.13. The van der Waals surface area contributed by atoms with Crippen molar-refractivity contribution in [1.82, 2.24) is 0 Å². The minimum atomic E-state index is -1.02. The molecule has 0 aromatic carbocycles. The number of rotatable bonds is 2. The number of carboxylic acid groups (broad SMARTS) is 1. The lowest BCUT2D eigenvalue weighted by atomic mass is 10.3. The molecule has 0 spiro atoms. The van der Waals surface area contributed by atoms with Crippen molar-refractivity contribution in [2.24, 2.45) is 0 Å². The Balaban J connectivity index is 2.33. The van der Waals surface area contributed by atoms with E-state index in [1.54, 1.807) is 0 Å². The molecule has 2 rings (SSSR count). The summed E-state index contributed by atoms with van der Waals surface area (Å²) in [5.74, 6) is -1.02. The fourth-order valence-corrected chi connectivity index (χ4v) is 2.71. The highest BCUT2D eigenvalue weighted by molar-refractivity contribution is 7.18. The Bertz CT molecular complexity index is 463. The van der Waals surface area contributed by atoms with Crippen LogP contribution in [0.15, 0.2) is 6.07 Å². The molecule has 1 aliphatic heterocycles. The van der Waals surface area contributed by atoms with Crippen molar-refractivity contribution >= 4 is 22.3 Å². The van der Waals surface area contributed by atoms with Crippen LogP contribution in [0, 0.1) is 11.3 Å². The minimum absolute atomic E-state index is 0.160. The second-order valence-electron chi connectivity index (χ2n) is 3.63. The number of nitrogens with zero attached hydrogens (tertiary/aromatic N) is 2. The summed E-state index contributed by atoms with van der Waals surface area (Å²) in [5, 5.41) is 27.8. The van der Waals surface area contributed by atoms with Crippen molar-refractivity contribution in [3.05, 3.63) is 16.5 Å². The van der Waals surface area contributed by atoms with E-state index in [-0.39, 0.29) is 11.0 Å². The number of carboxylic acids is 1. The highest BCUT2D eigenvalue weighted by Crippen LogP contribution is 2.33. The number of β-amino-alcohol motifs (C(OH)–C–C–N with tert-alkyl or cyclic N) is 1. The van der Waals surface area contributed by atoms with Crippen LogP contribution in [0.2, 0.25) is 0 Å². The zero-order valence-electron chi connectivity index (χ0n) is 8.38. The number of anilines is 1. The largest absolute Gasteiger partial charge is 0.477 e. The second kappa shape index (κ2) is 4.12. The summed E-state index contributed by atoms with van der Waals surface area (Å²) < 4.78 is 0. The Kier molecular flexibility index (Phi) is 2.81. The van der Waals surface area contributed by atoms with Gasteiger partial charge in [0.2, 0.25) is 0 Å². The number of hydrogen-bond donors (Lipinski definition) is 2. The number of aliphatic hydroxyl groups excluding tert-OH is 1. The molecular formula is C10H10N2O3S. The van der Waals surface area contributed by atoms with E-state index in [1.807, 2.05) is 11.0 Å². The standard InChI is InChI=1S/C10H10N2O3S/c11-4-6-3-8(10(14)15)16-9(6)12-2-1-7(13)5-12/h3,7,13H,1-2,5H2,(H,14,15). The van der Waals surface area contributed by atoms with E-state index < -0.39 is 5.97 Å². The number of aromatic carboxylic acids is 1. The molecule has 0 bridgehead atoms. The summed E-state index contributed by atoms with van der Waals surface area (Å²) in [6, 6.07) is 3.37. The van der Waals surface area contributed by atoms with Gasteiger partial charge in [0.15, 0.2) is 0 Å². The van der Waals surface area contributed by atoms with Gasteiger partial charge in [-0.25, -0.2) is 4.79 Å². The average Bonchev–Trinajstić information content (AvgIpc) is 2.82. The molecule has 84 valence electrons. The van der Waals surface area contributed by atoms with Gasteiger partial charge in [0, 0.05) is 13.1 Å². The number of carbonyl (C=O) groups is 1. The Morgan fingerprint density at radius 1 is 1.69 bits per heavy atom. The van der Waals surface area contributed by atoms with Crippen LogP contribution in [0.1, 0.15) is 21.7 Å². The SMILES string of the molecule is N#Cc1cc(C(=O)O)sc1N1CCC(O)C1. The van der Waals surface area contributed by atoms with Crippen molar-refractivity contribution in [2.75, 3.05) is 18.0 Å². The van der Waals surface area contributed by atoms with Crippen LogP contribution in [0.5, 0.6) is 0 Å². The van der Waals surface area contributed by atoms with E-state index in [1.165, 1.54) is 6.07 Å². The van der Waals surface area contributed by atoms with Gasteiger partial charge in [-0.2, -0.15) is 5.26 Å². The minimum Gasteiger partial charge on any atom is -0.477 e. The third-order valence-electron chi connectivity index (χ3n) is 2.49. The smallest absolute Gasteiger partial charge is 0.345 e. The van der Waals surface area contributed by atoms with Crippen LogP contribution in [-0.4, -0.2) is 35.4 Å². The van der Waals surface area contributed by atoms with Crippen molar-refractivity contribution in [1.29, 1.82) is 5.26 Å². The predicted molar refractivity (Wildman–Crippen MR) is 58.8 cm³/mol. The highest BCUT2D eigenvalue weighted by atomic mass is 32.1. The summed E-state index contributed by atoms with van der Waals surface area (Å²) in [6.07, 6.45) is 0.271. The number of hydrogen-bond acceptors (Lipinski definition) is 5. The monoisotopic (exact) mass is 238 g/mol. The van der Waals surface area contributed by atoms with Gasteiger partial charge in [0.25, 0.3) is 0 Å². The molecule has 0 amide bonds. The molecule has 2 heterocycles. The predicted octanol–water partition coefficient (Wildman–Crippen LogP) is 0.889. The molecule has 1 saturated heterocycles. The number of nitriles is 1. The summed E-state index contributed by atoms with van der Waals surface area (Å²) in [4.78, 5) is 12.8. The molecule has 1 aromatic rings. The number of thiophene rings is 1. The fraction of sp³-hybridized carbons (Fsp3) is 0.400. The van der Waals surface area contributed by atoms with Crippen LogP contribution in [0.25, 0.3) is 0 Å². The quantitative estimate of drug-likeness (QED) is 0.799. The first-order valence-corrected chi connectivity index (χ1v) is 5.63. The van der Waals surface area contributed by atoms with Gasteiger partial charge in [-0.3, -0.25) is 0 Å². The summed E-state index contributed by atoms with van der Waals surface area (Å²) in [5.41, 5.74) is 0.372. The zero-order valence-corrected chi connectivity index (χ0v) is 9.20. The molecule has 16 heavy (non-hydrogen) atoms. The Morgan fingerprint density at radius 3 is 2.94 bits per heavy atom. The fourth-order valence-electron chi connectivity index (χ4n) is 1.73. The topological polar surface area (TPSA) is 84.6 Å².